The third kappa shape index (κ3) is 4.70. The number of ether oxygens (including phenoxy) is 1. The van der Waals surface area contributed by atoms with Gasteiger partial charge in [-0.15, -0.1) is 6.58 Å². The van der Waals surface area contributed by atoms with Crippen LogP contribution in [0.15, 0.2) is 48.2 Å². The molecule has 2 heterocycles. The summed E-state index contributed by atoms with van der Waals surface area (Å²) >= 11 is 0. The van der Waals surface area contributed by atoms with Gasteiger partial charge in [0.05, 0.1) is 18.2 Å². The molecule has 0 bridgehead atoms. The van der Waals surface area contributed by atoms with Gasteiger partial charge in [0.25, 0.3) is 0 Å². The monoisotopic (exact) mass is 397 g/mol. The van der Waals surface area contributed by atoms with E-state index < -0.39 is 6.04 Å². The summed E-state index contributed by atoms with van der Waals surface area (Å²) in [6, 6.07) is 7.10. The van der Waals surface area contributed by atoms with E-state index in [1.807, 2.05) is 31.2 Å². The smallest absolute Gasteiger partial charge is 0.338 e. The fourth-order valence-corrected chi connectivity index (χ4v) is 4.12. The molecule has 6 heteroatoms. The topological polar surface area (TPSA) is 61.9 Å². The van der Waals surface area contributed by atoms with E-state index in [0.717, 1.165) is 42.8 Å². The second-order valence-electron chi connectivity index (χ2n) is 7.56. The second-order valence-corrected chi connectivity index (χ2v) is 7.56. The average molecular weight is 398 g/mol. The molecule has 1 N–H and O–H groups in total. The SMILES string of the molecule is C=CCN1C(=O)N[C@@H](c2ccccc2C)C(C(=O)OCC)=C1CN1CCCCC1. The van der Waals surface area contributed by atoms with Crippen molar-refractivity contribution >= 4 is 12.0 Å². The van der Waals surface area contributed by atoms with Gasteiger partial charge in [0, 0.05) is 18.8 Å². The molecule has 1 atom stereocenters. The van der Waals surface area contributed by atoms with Crippen LogP contribution in [0.5, 0.6) is 0 Å². The Kier molecular flexibility index (Phi) is 7.09. The summed E-state index contributed by atoms with van der Waals surface area (Å²) in [5.41, 5.74) is 3.18. The maximum atomic E-state index is 13.1. The highest BCUT2D eigenvalue weighted by atomic mass is 16.5. The lowest BCUT2D eigenvalue weighted by molar-refractivity contribution is -0.139. The molecule has 0 unspecified atom stereocenters. The van der Waals surface area contributed by atoms with E-state index in [2.05, 4.69) is 16.8 Å². The van der Waals surface area contributed by atoms with Crippen molar-refractivity contribution in [2.24, 2.45) is 0 Å². The Morgan fingerprint density at radius 1 is 1.28 bits per heavy atom. The summed E-state index contributed by atoms with van der Waals surface area (Å²) in [4.78, 5) is 30.1. The molecule has 1 aromatic carbocycles. The minimum atomic E-state index is -0.524. The van der Waals surface area contributed by atoms with E-state index in [1.54, 1.807) is 17.9 Å². The number of rotatable bonds is 7. The molecule has 1 fully saturated rings. The Morgan fingerprint density at radius 2 is 2.00 bits per heavy atom. The molecule has 1 aromatic rings. The van der Waals surface area contributed by atoms with Gasteiger partial charge in [0.2, 0.25) is 0 Å². The van der Waals surface area contributed by atoms with Crippen LogP contribution in [0.1, 0.15) is 43.4 Å². The van der Waals surface area contributed by atoms with Crippen molar-refractivity contribution in [3.63, 3.8) is 0 Å². The summed E-state index contributed by atoms with van der Waals surface area (Å²) < 4.78 is 5.43. The maximum Gasteiger partial charge on any atom is 0.338 e. The lowest BCUT2D eigenvalue weighted by Gasteiger charge is -2.39. The number of carbonyl (C=O) groups excluding carboxylic acids is 2. The van der Waals surface area contributed by atoms with Gasteiger partial charge in [-0.2, -0.15) is 0 Å². The number of likely N-dealkylation sites (tertiary alicyclic amines) is 1. The van der Waals surface area contributed by atoms with E-state index in [0.29, 0.717) is 18.7 Å². The number of amides is 2. The highest BCUT2D eigenvalue weighted by molar-refractivity contribution is 5.95. The summed E-state index contributed by atoms with van der Waals surface area (Å²) in [6.45, 7) is 10.7. The molecule has 0 aliphatic carbocycles. The van der Waals surface area contributed by atoms with Crippen molar-refractivity contribution in [2.45, 2.75) is 39.2 Å². The maximum absolute atomic E-state index is 13.1. The van der Waals surface area contributed by atoms with Crippen LogP contribution in [0.4, 0.5) is 4.79 Å². The first kappa shape index (κ1) is 21.1. The first-order valence-corrected chi connectivity index (χ1v) is 10.4. The van der Waals surface area contributed by atoms with Crippen LogP contribution in [0.3, 0.4) is 0 Å². The van der Waals surface area contributed by atoms with Crippen molar-refractivity contribution in [1.29, 1.82) is 0 Å². The van der Waals surface area contributed by atoms with Crippen LogP contribution >= 0.6 is 0 Å². The van der Waals surface area contributed by atoms with E-state index in [4.69, 9.17) is 4.74 Å². The van der Waals surface area contributed by atoms with E-state index in [1.165, 1.54) is 6.42 Å². The number of hydrogen-bond donors (Lipinski definition) is 1. The number of piperidine rings is 1. The Bertz CT molecular complexity index is 796. The Hall–Kier alpha value is -2.60. The molecule has 1 saturated heterocycles. The molecule has 6 nitrogen and oxygen atoms in total. The Morgan fingerprint density at radius 3 is 2.66 bits per heavy atom. The Balaban J connectivity index is 2.11. The zero-order chi connectivity index (χ0) is 20.8. The average Bonchev–Trinajstić information content (AvgIpc) is 2.71. The number of nitrogens with one attached hydrogen (secondary N) is 1. The molecule has 0 spiro atoms. The van der Waals surface area contributed by atoms with Gasteiger partial charge >= 0.3 is 12.0 Å². The number of nitrogens with zero attached hydrogens (tertiary/aromatic N) is 2. The van der Waals surface area contributed by atoms with Gasteiger partial charge in [-0.3, -0.25) is 9.80 Å². The molecule has 2 aliphatic rings. The van der Waals surface area contributed by atoms with Crippen molar-refractivity contribution in [2.75, 3.05) is 32.8 Å². The first-order valence-electron chi connectivity index (χ1n) is 10.4. The molecule has 2 amide bonds. The molecule has 156 valence electrons. The van der Waals surface area contributed by atoms with Gasteiger partial charge in [0.15, 0.2) is 0 Å². The van der Waals surface area contributed by atoms with Crippen molar-refractivity contribution < 1.29 is 14.3 Å². The van der Waals surface area contributed by atoms with Crippen LogP contribution in [0, 0.1) is 6.92 Å². The summed E-state index contributed by atoms with van der Waals surface area (Å²) in [5, 5.41) is 3.03. The van der Waals surface area contributed by atoms with E-state index >= 15 is 0 Å². The van der Waals surface area contributed by atoms with Gasteiger partial charge in [-0.25, -0.2) is 9.59 Å². The Labute approximate surface area is 173 Å². The molecular weight excluding hydrogens is 366 g/mol. The van der Waals surface area contributed by atoms with E-state index in [-0.39, 0.29) is 18.6 Å². The van der Waals surface area contributed by atoms with Crippen LogP contribution in [0.25, 0.3) is 0 Å². The molecule has 0 saturated carbocycles. The van der Waals surface area contributed by atoms with Crippen molar-refractivity contribution in [1.82, 2.24) is 15.1 Å². The molecule has 0 radical (unpaired) electrons. The zero-order valence-electron chi connectivity index (χ0n) is 17.4. The van der Waals surface area contributed by atoms with Crippen molar-refractivity contribution in [3.05, 3.63) is 59.3 Å². The predicted octanol–water partition coefficient (Wildman–Crippen LogP) is 3.55. The summed E-state index contributed by atoms with van der Waals surface area (Å²) in [6.07, 6.45) is 5.18. The number of aryl methyl sites for hydroxylation is 1. The second kappa shape index (κ2) is 9.74. The van der Waals surface area contributed by atoms with Crippen LogP contribution < -0.4 is 5.32 Å². The minimum Gasteiger partial charge on any atom is -0.463 e. The third-order valence-electron chi connectivity index (χ3n) is 5.57. The summed E-state index contributed by atoms with van der Waals surface area (Å²) in [5.74, 6) is -0.373. The molecule has 29 heavy (non-hydrogen) atoms. The third-order valence-corrected chi connectivity index (χ3v) is 5.57. The number of carbonyl (C=O) groups is 2. The lowest BCUT2D eigenvalue weighted by atomic mass is 9.91. The molecular formula is C23H31N3O3. The number of hydrogen-bond acceptors (Lipinski definition) is 4. The van der Waals surface area contributed by atoms with Crippen molar-refractivity contribution in [3.8, 4) is 0 Å². The number of urea groups is 1. The van der Waals surface area contributed by atoms with Crippen LogP contribution in [0.2, 0.25) is 0 Å². The fraction of sp³-hybridized carbons (Fsp3) is 0.478. The predicted molar refractivity (Wildman–Crippen MR) is 113 cm³/mol. The van der Waals surface area contributed by atoms with Gasteiger partial charge in [0.1, 0.15) is 0 Å². The fourth-order valence-electron chi connectivity index (χ4n) is 4.12. The van der Waals surface area contributed by atoms with Gasteiger partial charge in [-0.1, -0.05) is 36.8 Å². The van der Waals surface area contributed by atoms with Gasteiger partial charge < -0.3 is 10.1 Å². The van der Waals surface area contributed by atoms with Crippen LogP contribution in [-0.2, 0) is 9.53 Å². The standard InChI is InChI=1S/C23H31N3O3/c1-4-13-26-19(16-25-14-9-6-10-15-25)20(22(27)29-5-2)21(24-23(26)28)18-12-8-7-11-17(18)3/h4,7-8,11-12,21H,1,5-6,9-10,13-16H2,2-3H3,(H,24,28)/t21-/m0/s1. The number of esters is 1. The quantitative estimate of drug-likeness (QED) is 0.565. The molecule has 0 aromatic heterocycles. The van der Waals surface area contributed by atoms with E-state index in [9.17, 15) is 9.59 Å². The summed E-state index contributed by atoms with van der Waals surface area (Å²) in [7, 11) is 0. The highest BCUT2D eigenvalue weighted by Crippen LogP contribution is 2.33. The molecule has 3 rings (SSSR count). The minimum absolute atomic E-state index is 0.210. The first-order chi connectivity index (χ1) is 14.1. The van der Waals surface area contributed by atoms with Gasteiger partial charge in [-0.05, 0) is 50.9 Å². The number of benzene rings is 1. The normalized spacial score (nSPS) is 20.4. The largest absolute Gasteiger partial charge is 0.463 e. The highest BCUT2D eigenvalue weighted by Gasteiger charge is 2.38. The lowest BCUT2D eigenvalue weighted by Crippen LogP contribution is -2.51. The molecule has 2 aliphatic heterocycles. The zero-order valence-corrected chi connectivity index (χ0v) is 17.4. The van der Waals surface area contributed by atoms with Crippen LogP contribution in [-0.4, -0.2) is 54.6 Å².